The van der Waals surface area contributed by atoms with Gasteiger partial charge in [0.25, 0.3) is 0 Å². The molecule has 1 aromatic heterocycles. The number of aromatic nitrogens is 2. The number of sulfonamides is 1. The maximum atomic E-state index is 12.8. The maximum absolute atomic E-state index is 12.8. The number of carboxylic acids is 1. The van der Waals surface area contributed by atoms with E-state index in [1.165, 1.54) is 6.07 Å². The van der Waals surface area contributed by atoms with Crippen LogP contribution in [0.3, 0.4) is 0 Å². The first-order chi connectivity index (χ1) is 10.8. The van der Waals surface area contributed by atoms with Gasteiger partial charge in [-0.2, -0.15) is 9.40 Å². The molecule has 1 aliphatic rings. The van der Waals surface area contributed by atoms with Crippen molar-refractivity contribution >= 4 is 26.9 Å². The maximum Gasteiger partial charge on any atom is 0.322 e. The number of hydrogen-bond donors (Lipinski definition) is 1. The summed E-state index contributed by atoms with van der Waals surface area (Å²) in [6.45, 7) is 4.24. The van der Waals surface area contributed by atoms with Gasteiger partial charge in [0, 0.05) is 18.0 Å². The number of carbonyl (C=O) groups is 1. The van der Waals surface area contributed by atoms with E-state index < -0.39 is 22.0 Å². The second-order valence-electron chi connectivity index (χ2n) is 6.02. The van der Waals surface area contributed by atoms with Gasteiger partial charge in [-0.15, -0.1) is 0 Å². The van der Waals surface area contributed by atoms with Gasteiger partial charge >= 0.3 is 5.97 Å². The third-order valence-electron chi connectivity index (χ3n) is 4.15. The van der Waals surface area contributed by atoms with E-state index in [2.05, 4.69) is 5.10 Å². The van der Waals surface area contributed by atoms with Crippen LogP contribution in [-0.2, 0) is 14.8 Å². The molecule has 1 aliphatic heterocycles. The number of fused-ring (bicyclic) bond motifs is 1. The van der Waals surface area contributed by atoms with Gasteiger partial charge in [0.15, 0.2) is 0 Å². The molecular formula is C15H19N3O4S. The Morgan fingerprint density at radius 2 is 2.13 bits per heavy atom. The predicted molar refractivity (Wildman–Crippen MR) is 84.7 cm³/mol. The third kappa shape index (κ3) is 2.61. The number of benzene rings is 1. The SMILES string of the molecule is CC(C)n1ncc2cc(S(=O)(=O)N3CCC[C@H]3C(=O)O)ccc21. The summed E-state index contributed by atoms with van der Waals surface area (Å²) in [6.07, 6.45) is 2.54. The third-order valence-corrected chi connectivity index (χ3v) is 6.06. The molecule has 2 heterocycles. The monoisotopic (exact) mass is 337 g/mol. The number of carboxylic acid groups (broad SMARTS) is 1. The van der Waals surface area contributed by atoms with Crippen LogP contribution >= 0.6 is 0 Å². The first kappa shape index (κ1) is 15.9. The van der Waals surface area contributed by atoms with E-state index in [4.69, 9.17) is 0 Å². The minimum Gasteiger partial charge on any atom is -0.480 e. The van der Waals surface area contributed by atoms with Gasteiger partial charge in [-0.3, -0.25) is 9.48 Å². The van der Waals surface area contributed by atoms with E-state index in [0.29, 0.717) is 12.8 Å². The second kappa shape index (κ2) is 5.61. The van der Waals surface area contributed by atoms with Crippen molar-refractivity contribution in [3.63, 3.8) is 0 Å². The molecule has 0 spiro atoms. The highest BCUT2D eigenvalue weighted by Crippen LogP contribution is 2.28. The van der Waals surface area contributed by atoms with Crippen LogP contribution in [0.5, 0.6) is 0 Å². The molecule has 0 aliphatic carbocycles. The molecule has 0 unspecified atom stereocenters. The van der Waals surface area contributed by atoms with E-state index >= 15 is 0 Å². The lowest BCUT2D eigenvalue weighted by molar-refractivity contribution is -0.140. The van der Waals surface area contributed by atoms with Crippen LogP contribution in [0.1, 0.15) is 32.7 Å². The van der Waals surface area contributed by atoms with Crippen LogP contribution < -0.4 is 0 Å². The number of rotatable bonds is 4. The standard InChI is InChI=1S/C15H19N3O4S/c1-10(2)18-13-6-5-12(8-11(13)9-16-18)23(21,22)17-7-3-4-14(17)15(19)20/h5-6,8-10,14H,3-4,7H2,1-2H3,(H,19,20)/t14-/m0/s1. The zero-order valence-electron chi connectivity index (χ0n) is 13.0. The number of hydrogen-bond acceptors (Lipinski definition) is 4. The Morgan fingerprint density at radius 3 is 2.78 bits per heavy atom. The van der Waals surface area contributed by atoms with Crippen molar-refractivity contribution in [1.82, 2.24) is 14.1 Å². The van der Waals surface area contributed by atoms with E-state index in [9.17, 15) is 18.3 Å². The smallest absolute Gasteiger partial charge is 0.322 e. The lowest BCUT2D eigenvalue weighted by Gasteiger charge is -2.21. The van der Waals surface area contributed by atoms with Crippen LogP contribution in [0, 0.1) is 0 Å². The predicted octanol–water partition coefficient (Wildman–Crippen LogP) is 1.85. The van der Waals surface area contributed by atoms with Crippen LogP contribution in [0.4, 0.5) is 0 Å². The minimum absolute atomic E-state index is 0.112. The number of aliphatic carboxylic acids is 1. The average Bonchev–Trinajstić information content (AvgIpc) is 3.13. The van der Waals surface area contributed by atoms with Crippen molar-refractivity contribution in [2.75, 3.05) is 6.54 Å². The topological polar surface area (TPSA) is 92.5 Å². The van der Waals surface area contributed by atoms with Crippen LogP contribution in [0.15, 0.2) is 29.3 Å². The van der Waals surface area contributed by atoms with Crippen molar-refractivity contribution in [1.29, 1.82) is 0 Å². The molecule has 1 saturated heterocycles. The summed E-state index contributed by atoms with van der Waals surface area (Å²) < 4.78 is 28.4. The Balaban J connectivity index is 2.03. The Bertz CT molecular complexity index is 857. The lowest BCUT2D eigenvalue weighted by Crippen LogP contribution is -2.40. The van der Waals surface area contributed by atoms with Crippen molar-refractivity contribution in [2.45, 2.75) is 43.7 Å². The Kier molecular flexibility index (Phi) is 3.89. The summed E-state index contributed by atoms with van der Waals surface area (Å²) in [5.41, 5.74) is 0.857. The molecule has 1 N–H and O–H groups in total. The molecule has 23 heavy (non-hydrogen) atoms. The van der Waals surface area contributed by atoms with E-state index in [0.717, 1.165) is 15.2 Å². The zero-order valence-corrected chi connectivity index (χ0v) is 13.8. The van der Waals surface area contributed by atoms with E-state index in [1.807, 2.05) is 18.5 Å². The van der Waals surface area contributed by atoms with Gasteiger partial charge in [0.2, 0.25) is 10.0 Å². The van der Waals surface area contributed by atoms with Gasteiger partial charge in [0.1, 0.15) is 6.04 Å². The van der Waals surface area contributed by atoms with Crippen LogP contribution in [0.2, 0.25) is 0 Å². The van der Waals surface area contributed by atoms with Crippen molar-refractivity contribution in [2.24, 2.45) is 0 Å². The quantitative estimate of drug-likeness (QED) is 0.919. The molecule has 3 rings (SSSR count). The molecule has 0 amide bonds. The molecule has 8 heteroatoms. The molecule has 7 nitrogen and oxygen atoms in total. The Labute approximate surface area is 134 Å². The molecular weight excluding hydrogens is 318 g/mol. The molecule has 0 bridgehead atoms. The molecule has 2 aromatic rings. The van der Waals surface area contributed by atoms with Gasteiger partial charge in [-0.05, 0) is 44.9 Å². The molecule has 1 aromatic carbocycles. The summed E-state index contributed by atoms with van der Waals surface area (Å²) in [4.78, 5) is 11.4. The van der Waals surface area contributed by atoms with E-state index in [1.54, 1.807) is 18.3 Å². The Morgan fingerprint density at radius 1 is 1.39 bits per heavy atom. The highest BCUT2D eigenvalue weighted by molar-refractivity contribution is 7.89. The second-order valence-corrected chi connectivity index (χ2v) is 7.91. The largest absolute Gasteiger partial charge is 0.480 e. The Hall–Kier alpha value is -1.93. The highest BCUT2D eigenvalue weighted by atomic mass is 32.2. The van der Waals surface area contributed by atoms with Gasteiger partial charge < -0.3 is 5.11 Å². The molecule has 1 atom stereocenters. The normalized spacial score (nSPS) is 19.7. The van der Waals surface area contributed by atoms with Crippen LogP contribution in [-0.4, -0.2) is 46.2 Å². The molecule has 1 fully saturated rings. The molecule has 0 saturated carbocycles. The highest BCUT2D eigenvalue weighted by Gasteiger charge is 2.39. The summed E-state index contributed by atoms with van der Waals surface area (Å²) in [6, 6.07) is 4.00. The fourth-order valence-electron chi connectivity index (χ4n) is 3.01. The summed E-state index contributed by atoms with van der Waals surface area (Å²) in [7, 11) is -3.82. The zero-order chi connectivity index (χ0) is 16.8. The fourth-order valence-corrected chi connectivity index (χ4v) is 4.70. The average molecular weight is 337 g/mol. The van der Waals surface area contributed by atoms with Crippen molar-refractivity contribution in [3.8, 4) is 0 Å². The molecule has 124 valence electrons. The van der Waals surface area contributed by atoms with Gasteiger partial charge in [-0.25, -0.2) is 8.42 Å². The first-order valence-electron chi connectivity index (χ1n) is 7.54. The summed E-state index contributed by atoms with van der Waals surface area (Å²) in [5.74, 6) is -1.10. The minimum atomic E-state index is -3.82. The first-order valence-corrected chi connectivity index (χ1v) is 8.98. The molecule has 0 radical (unpaired) electrons. The lowest BCUT2D eigenvalue weighted by atomic mass is 10.2. The fraction of sp³-hybridized carbons (Fsp3) is 0.467. The van der Waals surface area contributed by atoms with Crippen molar-refractivity contribution in [3.05, 3.63) is 24.4 Å². The number of nitrogens with zero attached hydrogens (tertiary/aromatic N) is 3. The van der Waals surface area contributed by atoms with E-state index in [-0.39, 0.29) is 17.5 Å². The van der Waals surface area contributed by atoms with Crippen LogP contribution in [0.25, 0.3) is 10.9 Å². The summed E-state index contributed by atoms with van der Waals surface area (Å²) >= 11 is 0. The van der Waals surface area contributed by atoms with Gasteiger partial charge in [0.05, 0.1) is 16.6 Å². The summed E-state index contributed by atoms with van der Waals surface area (Å²) in [5, 5.41) is 14.2. The van der Waals surface area contributed by atoms with Gasteiger partial charge in [-0.1, -0.05) is 0 Å². The van der Waals surface area contributed by atoms with Crippen molar-refractivity contribution < 1.29 is 18.3 Å².